The van der Waals surface area contributed by atoms with Gasteiger partial charge in [-0.25, -0.2) is 0 Å². The largest absolute Gasteiger partial charge is 0.306 e. The highest BCUT2D eigenvalue weighted by molar-refractivity contribution is 5.61. The molecule has 122 valence electrons. The van der Waals surface area contributed by atoms with Crippen molar-refractivity contribution in [1.29, 1.82) is 0 Å². The normalized spacial score (nSPS) is 16.8. The first-order valence-electron chi connectivity index (χ1n) is 8.55. The lowest BCUT2D eigenvalue weighted by molar-refractivity contribution is 0.459. The van der Waals surface area contributed by atoms with E-state index < -0.39 is 0 Å². The third-order valence-corrected chi connectivity index (χ3v) is 4.75. The summed E-state index contributed by atoms with van der Waals surface area (Å²) in [5, 5.41) is 8.37. The van der Waals surface area contributed by atoms with Crippen molar-refractivity contribution in [3.8, 4) is 11.3 Å². The van der Waals surface area contributed by atoms with E-state index in [9.17, 15) is 0 Å². The van der Waals surface area contributed by atoms with Gasteiger partial charge in [-0.15, -0.1) is 0 Å². The van der Waals surface area contributed by atoms with Crippen molar-refractivity contribution in [2.75, 3.05) is 0 Å². The highest BCUT2D eigenvalue weighted by atomic mass is 15.3. The van der Waals surface area contributed by atoms with Crippen LogP contribution in [0.25, 0.3) is 11.3 Å². The van der Waals surface area contributed by atoms with E-state index in [0.29, 0.717) is 6.04 Å². The molecule has 0 amide bonds. The molecule has 1 aromatic carbocycles. The summed E-state index contributed by atoms with van der Waals surface area (Å²) in [4.78, 5) is 4.22. The number of nitrogens with one attached hydrogen (secondary N) is 1. The van der Waals surface area contributed by atoms with Crippen LogP contribution in [0, 0.1) is 0 Å². The third-order valence-electron chi connectivity index (χ3n) is 4.75. The second-order valence-electron chi connectivity index (χ2n) is 6.44. The Labute approximate surface area is 142 Å². The topological polar surface area (TPSA) is 42.7 Å². The van der Waals surface area contributed by atoms with Crippen molar-refractivity contribution < 1.29 is 0 Å². The van der Waals surface area contributed by atoms with Gasteiger partial charge >= 0.3 is 0 Å². The van der Waals surface area contributed by atoms with Crippen molar-refractivity contribution in [2.45, 2.75) is 31.8 Å². The van der Waals surface area contributed by atoms with Crippen LogP contribution in [-0.4, -0.2) is 14.8 Å². The fourth-order valence-electron chi connectivity index (χ4n) is 3.61. The van der Waals surface area contributed by atoms with Crippen LogP contribution in [0.1, 0.15) is 35.6 Å². The maximum Gasteiger partial charge on any atom is 0.0983 e. The van der Waals surface area contributed by atoms with Gasteiger partial charge in [0.15, 0.2) is 0 Å². The lowest BCUT2D eigenvalue weighted by Crippen LogP contribution is -2.24. The molecule has 0 radical (unpaired) electrons. The summed E-state index contributed by atoms with van der Waals surface area (Å²) in [6.45, 7) is 0.817. The number of hydrogen-bond acceptors (Lipinski definition) is 3. The fraction of sp³-hybridized carbons (Fsp3) is 0.300. The summed E-state index contributed by atoms with van der Waals surface area (Å²) >= 11 is 0. The number of aryl methyl sites for hydroxylation is 2. The first-order valence-corrected chi connectivity index (χ1v) is 8.55. The van der Waals surface area contributed by atoms with E-state index in [1.165, 1.54) is 36.0 Å². The minimum Gasteiger partial charge on any atom is -0.306 e. The van der Waals surface area contributed by atoms with Crippen molar-refractivity contribution in [3.63, 3.8) is 0 Å². The Bertz CT molecular complexity index is 823. The van der Waals surface area contributed by atoms with Gasteiger partial charge in [0.1, 0.15) is 0 Å². The second-order valence-corrected chi connectivity index (χ2v) is 6.44. The molecule has 4 nitrogen and oxygen atoms in total. The molecule has 0 spiro atoms. The summed E-state index contributed by atoms with van der Waals surface area (Å²) in [6, 6.07) is 13.3. The van der Waals surface area contributed by atoms with Gasteiger partial charge in [-0.1, -0.05) is 24.3 Å². The quantitative estimate of drug-likeness (QED) is 0.798. The Hall–Kier alpha value is -2.46. The standard InChI is InChI=1S/C20H22N4/c1-24-14-17(20(23-24)16-8-5-11-21-12-16)13-22-19-10-4-7-15-6-2-3-9-18(15)19/h2-3,5-6,8-9,11-12,14,19,22H,4,7,10,13H2,1H3. The van der Waals surface area contributed by atoms with Crippen LogP contribution in [0.4, 0.5) is 0 Å². The molecule has 0 bridgehead atoms. The molecule has 4 rings (SSSR count). The summed E-state index contributed by atoms with van der Waals surface area (Å²) in [6.07, 6.45) is 9.41. The molecule has 0 fully saturated rings. The minimum absolute atomic E-state index is 0.428. The molecule has 0 saturated carbocycles. The van der Waals surface area contributed by atoms with Crippen LogP contribution < -0.4 is 5.32 Å². The SMILES string of the molecule is Cn1cc(CNC2CCCc3ccccc32)c(-c2cccnc2)n1. The van der Waals surface area contributed by atoms with Crippen molar-refractivity contribution >= 4 is 0 Å². The lowest BCUT2D eigenvalue weighted by Gasteiger charge is -2.26. The number of aromatic nitrogens is 3. The highest BCUT2D eigenvalue weighted by Gasteiger charge is 2.20. The molecule has 1 aliphatic carbocycles. The molecule has 1 unspecified atom stereocenters. The fourth-order valence-corrected chi connectivity index (χ4v) is 3.61. The van der Waals surface area contributed by atoms with E-state index in [2.05, 4.69) is 51.9 Å². The molecule has 24 heavy (non-hydrogen) atoms. The average molecular weight is 318 g/mol. The van der Waals surface area contributed by atoms with E-state index >= 15 is 0 Å². The molecular formula is C20H22N4. The number of fused-ring (bicyclic) bond motifs is 1. The Morgan fingerprint density at radius 1 is 1.21 bits per heavy atom. The second kappa shape index (κ2) is 6.57. The van der Waals surface area contributed by atoms with Crippen LogP contribution in [0.3, 0.4) is 0 Å². The molecule has 4 heteroatoms. The van der Waals surface area contributed by atoms with Gasteiger partial charge in [-0.05, 0) is 42.5 Å². The molecular weight excluding hydrogens is 296 g/mol. The molecule has 3 aromatic rings. The zero-order valence-electron chi connectivity index (χ0n) is 13.9. The lowest BCUT2D eigenvalue weighted by atomic mass is 9.87. The Balaban J connectivity index is 1.56. The van der Waals surface area contributed by atoms with Gasteiger partial charge in [0.05, 0.1) is 5.69 Å². The molecule has 0 saturated heterocycles. The van der Waals surface area contributed by atoms with E-state index in [0.717, 1.165) is 17.8 Å². The molecule has 0 aliphatic heterocycles. The average Bonchev–Trinajstić information content (AvgIpc) is 3.01. The zero-order chi connectivity index (χ0) is 16.4. The number of benzene rings is 1. The van der Waals surface area contributed by atoms with E-state index in [-0.39, 0.29) is 0 Å². The number of rotatable bonds is 4. The van der Waals surface area contributed by atoms with Crippen LogP contribution in [0.5, 0.6) is 0 Å². The first kappa shape index (κ1) is 15.1. The Kier molecular flexibility index (Phi) is 4.13. The minimum atomic E-state index is 0.428. The molecule has 1 aliphatic rings. The van der Waals surface area contributed by atoms with E-state index in [1.54, 1.807) is 6.20 Å². The smallest absolute Gasteiger partial charge is 0.0983 e. The predicted molar refractivity (Wildman–Crippen MR) is 95.4 cm³/mol. The van der Waals surface area contributed by atoms with Crippen LogP contribution in [0.15, 0.2) is 55.0 Å². The maximum absolute atomic E-state index is 4.63. The van der Waals surface area contributed by atoms with Gasteiger partial charge < -0.3 is 5.32 Å². The molecule has 1 N–H and O–H groups in total. The van der Waals surface area contributed by atoms with Gasteiger partial charge in [0.2, 0.25) is 0 Å². The van der Waals surface area contributed by atoms with Gasteiger partial charge in [-0.2, -0.15) is 5.10 Å². The molecule has 1 atom stereocenters. The van der Waals surface area contributed by atoms with Gasteiger partial charge in [0, 0.05) is 49.4 Å². The van der Waals surface area contributed by atoms with E-state index in [4.69, 9.17) is 0 Å². The summed E-state index contributed by atoms with van der Waals surface area (Å²) < 4.78 is 1.88. The van der Waals surface area contributed by atoms with Crippen molar-refractivity contribution in [2.24, 2.45) is 7.05 Å². The van der Waals surface area contributed by atoms with Crippen LogP contribution >= 0.6 is 0 Å². The predicted octanol–water partition coefficient (Wildman–Crippen LogP) is 3.65. The number of pyridine rings is 1. The zero-order valence-corrected chi connectivity index (χ0v) is 13.9. The Morgan fingerprint density at radius 3 is 3.00 bits per heavy atom. The van der Waals surface area contributed by atoms with Crippen LogP contribution in [-0.2, 0) is 20.0 Å². The third kappa shape index (κ3) is 2.97. The molecule has 2 heterocycles. The van der Waals surface area contributed by atoms with Gasteiger partial charge in [-0.3, -0.25) is 9.67 Å². The maximum atomic E-state index is 4.63. The van der Waals surface area contributed by atoms with Crippen molar-refractivity contribution in [3.05, 3.63) is 71.7 Å². The monoisotopic (exact) mass is 318 g/mol. The number of hydrogen-bond donors (Lipinski definition) is 1. The van der Waals surface area contributed by atoms with Gasteiger partial charge in [0.25, 0.3) is 0 Å². The van der Waals surface area contributed by atoms with Crippen LogP contribution in [0.2, 0.25) is 0 Å². The first-order chi connectivity index (χ1) is 11.8. The molecule has 2 aromatic heterocycles. The summed E-state index contributed by atoms with van der Waals surface area (Å²) in [7, 11) is 1.97. The Morgan fingerprint density at radius 2 is 2.12 bits per heavy atom. The number of nitrogens with zero attached hydrogens (tertiary/aromatic N) is 3. The van der Waals surface area contributed by atoms with Crippen molar-refractivity contribution in [1.82, 2.24) is 20.1 Å². The summed E-state index contributed by atoms with van der Waals surface area (Å²) in [5.74, 6) is 0. The highest BCUT2D eigenvalue weighted by Crippen LogP contribution is 2.30. The van der Waals surface area contributed by atoms with E-state index in [1.807, 2.05) is 24.0 Å². The summed E-state index contributed by atoms with van der Waals surface area (Å²) in [5.41, 5.74) is 6.24.